The molecule has 7 rings (SSSR count). The summed E-state index contributed by atoms with van der Waals surface area (Å²) in [5, 5.41) is 2.41. The molecule has 5 heteroatoms. The van der Waals surface area contributed by atoms with Crippen molar-refractivity contribution in [3.63, 3.8) is 0 Å². The minimum atomic E-state index is -0.153. The molecular weight excluding hydrogens is 623 g/mol. The molecule has 238 valence electrons. The van der Waals surface area contributed by atoms with Gasteiger partial charge in [0.25, 0.3) is 0 Å². The number of ether oxygens (including phenoxy) is 1. The van der Waals surface area contributed by atoms with Gasteiger partial charge in [0.2, 0.25) is 0 Å². The molecule has 0 aliphatic heterocycles. The zero-order valence-electron chi connectivity index (χ0n) is 27.0. The molecule has 1 aliphatic carbocycles. The molecule has 0 radical (unpaired) electrons. The molecule has 4 nitrogen and oxygen atoms in total. The Bertz CT molecular complexity index is 1900. The van der Waals surface area contributed by atoms with E-state index in [-0.39, 0.29) is 35.8 Å². The van der Waals surface area contributed by atoms with E-state index in [1.165, 1.54) is 17.9 Å². The fourth-order valence-electron chi connectivity index (χ4n) is 5.56. The van der Waals surface area contributed by atoms with Gasteiger partial charge in [-0.3, -0.25) is 4.79 Å². The summed E-state index contributed by atoms with van der Waals surface area (Å²) in [4.78, 5) is 21.0. The summed E-state index contributed by atoms with van der Waals surface area (Å²) in [5.74, 6) is -0.148. The van der Waals surface area contributed by atoms with Gasteiger partial charge < -0.3 is 12.2 Å². The number of hydrogen-bond donors (Lipinski definition) is 0. The molecule has 0 N–H and O–H groups in total. The molecule has 0 saturated carbocycles. The van der Waals surface area contributed by atoms with Crippen LogP contribution >= 0.6 is 0 Å². The second kappa shape index (κ2) is 15.9. The molecule has 0 heterocycles. The zero-order valence-corrected chi connectivity index (χ0v) is 27.9. The molecule has 0 aromatic heterocycles. The van der Waals surface area contributed by atoms with Crippen LogP contribution in [0.1, 0.15) is 25.0 Å². The number of hydrogen-bond acceptors (Lipinski definition) is 4. The number of aliphatic imine (C=N–C) groups is 2. The Morgan fingerprint density at radius 1 is 0.532 bits per heavy atom. The normalized spacial score (nSPS) is 13.0. The molecule has 47 heavy (non-hydrogen) atoms. The Hall–Kier alpha value is -5.12. The summed E-state index contributed by atoms with van der Waals surface area (Å²) >= 11 is 0. The fraction of sp³-hybridized carbons (Fsp3) is 0.0952. The van der Waals surface area contributed by atoms with Crippen molar-refractivity contribution in [2.75, 3.05) is 7.11 Å². The maximum absolute atomic E-state index is 10.3. The van der Waals surface area contributed by atoms with Crippen LogP contribution in [0.15, 0.2) is 156 Å². The van der Waals surface area contributed by atoms with E-state index < -0.39 is 0 Å². The minimum absolute atomic E-state index is 0. The number of esters is 1. The SMILES string of the molecule is COC(=O)C(C)C.[CH3-].[Ni].c1ccc(-c2ccccc2N=C2C(=Nc3ccccc3-c3ccccc3)c3cccc4cccc2c34)cc1. The van der Waals surface area contributed by atoms with Gasteiger partial charge in [0.05, 0.1) is 35.8 Å². The van der Waals surface area contributed by atoms with E-state index >= 15 is 0 Å². The molecule has 0 bridgehead atoms. The third-order valence-corrected chi connectivity index (χ3v) is 7.75. The van der Waals surface area contributed by atoms with Gasteiger partial charge in [-0.2, -0.15) is 0 Å². The molecule has 1 aliphatic rings. The van der Waals surface area contributed by atoms with Gasteiger partial charge in [0.1, 0.15) is 0 Å². The van der Waals surface area contributed by atoms with Gasteiger partial charge in [-0.1, -0.05) is 147 Å². The predicted octanol–water partition coefficient (Wildman–Crippen LogP) is 10.7. The number of rotatable bonds is 5. The molecule has 0 unspecified atom stereocenters. The molecule has 0 saturated heterocycles. The summed E-state index contributed by atoms with van der Waals surface area (Å²) < 4.78 is 4.37. The van der Waals surface area contributed by atoms with Gasteiger partial charge in [-0.25, -0.2) is 9.98 Å². The maximum Gasteiger partial charge on any atom is 0.308 e. The van der Waals surface area contributed by atoms with Crippen LogP contribution in [-0.4, -0.2) is 24.5 Å². The van der Waals surface area contributed by atoms with E-state index in [4.69, 9.17) is 9.98 Å². The van der Waals surface area contributed by atoms with Crippen molar-refractivity contribution in [2.24, 2.45) is 15.9 Å². The van der Waals surface area contributed by atoms with Gasteiger partial charge in [0.15, 0.2) is 0 Å². The van der Waals surface area contributed by atoms with Crippen molar-refractivity contribution in [1.82, 2.24) is 0 Å². The number of benzene rings is 6. The molecular formula is C42H37N2NiO2-. The van der Waals surface area contributed by atoms with Gasteiger partial charge >= 0.3 is 5.97 Å². The average molecular weight is 660 g/mol. The van der Waals surface area contributed by atoms with E-state index in [0.29, 0.717) is 0 Å². The second-order valence-electron chi connectivity index (χ2n) is 11.1. The van der Waals surface area contributed by atoms with E-state index in [1.807, 2.05) is 12.1 Å². The van der Waals surface area contributed by atoms with Crippen LogP contribution in [0.5, 0.6) is 0 Å². The molecule has 0 atom stereocenters. The summed E-state index contributed by atoms with van der Waals surface area (Å²) in [5.41, 5.74) is 10.4. The van der Waals surface area contributed by atoms with E-state index in [2.05, 4.69) is 138 Å². The van der Waals surface area contributed by atoms with Crippen LogP contribution in [-0.2, 0) is 26.0 Å². The topological polar surface area (TPSA) is 51.0 Å². The third-order valence-electron chi connectivity index (χ3n) is 7.75. The van der Waals surface area contributed by atoms with Gasteiger partial charge in [-0.05, 0) is 28.6 Å². The Kier molecular flexibility index (Phi) is 11.8. The zero-order chi connectivity index (χ0) is 31.2. The summed E-state index contributed by atoms with van der Waals surface area (Å²) in [6.45, 7) is 3.59. The van der Waals surface area contributed by atoms with Crippen molar-refractivity contribution in [3.8, 4) is 22.3 Å². The number of methoxy groups -OCH3 is 1. The Morgan fingerprint density at radius 2 is 0.915 bits per heavy atom. The summed E-state index contributed by atoms with van der Waals surface area (Å²) in [7, 11) is 1.39. The van der Waals surface area contributed by atoms with Crippen LogP contribution < -0.4 is 0 Å². The van der Waals surface area contributed by atoms with Crippen LogP contribution in [0, 0.1) is 13.3 Å². The van der Waals surface area contributed by atoms with Crippen LogP contribution in [0.3, 0.4) is 0 Å². The summed E-state index contributed by atoms with van der Waals surface area (Å²) in [6.07, 6.45) is 0. The van der Waals surface area contributed by atoms with Crippen LogP contribution in [0.2, 0.25) is 0 Å². The number of nitrogens with zero attached hydrogens (tertiary/aromatic N) is 2. The van der Waals surface area contributed by atoms with Crippen LogP contribution in [0.25, 0.3) is 33.0 Å². The third kappa shape index (κ3) is 7.48. The van der Waals surface area contributed by atoms with Crippen molar-refractivity contribution >= 4 is 39.5 Å². The number of para-hydroxylation sites is 2. The Labute approximate surface area is 287 Å². The predicted molar refractivity (Wildman–Crippen MR) is 193 cm³/mol. The fourth-order valence-corrected chi connectivity index (χ4v) is 5.56. The largest absolute Gasteiger partial charge is 0.469 e. The van der Waals surface area contributed by atoms with Crippen molar-refractivity contribution in [3.05, 3.63) is 164 Å². The van der Waals surface area contributed by atoms with E-state index in [9.17, 15) is 4.79 Å². The molecule has 0 spiro atoms. The van der Waals surface area contributed by atoms with Crippen molar-refractivity contribution in [1.29, 1.82) is 0 Å². The molecule has 6 aromatic rings. The minimum Gasteiger partial charge on any atom is -0.469 e. The second-order valence-corrected chi connectivity index (χ2v) is 11.1. The van der Waals surface area contributed by atoms with E-state index in [1.54, 1.807) is 13.8 Å². The first-order valence-corrected chi connectivity index (χ1v) is 15.1. The number of carbonyl (C=O) groups is 1. The summed E-state index contributed by atoms with van der Waals surface area (Å²) in [6, 6.07) is 50.5. The first-order valence-electron chi connectivity index (χ1n) is 15.1. The number of carbonyl (C=O) groups excluding carboxylic acids is 1. The Morgan fingerprint density at radius 3 is 1.30 bits per heavy atom. The van der Waals surface area contributed by atoms with Crippen LogP contribution in [0.4, 0.5) is 11.4 Å². The first kappa shape index (κ1) is 34.8. The monoisotopic (exact) mass is 659 g/mol. The quantitative estimate of drug-likeness (QED) is 0.105. The molecule has 6 aromatic carbocycles. The molecule has 0 amide bonds. The first-order chi connectivity index (χ1) is 22.0. The molecule has 0 fully saturated rings. The Balaban J connectivity index is 0.000000504. The van der Waals surface area contributed by atoms with Gasteiger partial charge in [-0.15, -0.1) is 0 Å². The average Bonchev–Trinajstić information content (AvgIpc) is 3.39. The van der Waals surface area contributed by atoms with Crippen molar-refractivity contribution in [2.45, 2.75) is 13.8 Å². The van der Waals surface area contributed by atoms with Gasteiger partial charge in [0, 0.05) is 44.1 Å². The van der Waals surface area contributed by atoms with Crippen molar-refractivity contribution < 1.29 is 26.0 Å². The standard InChI is InChI=1S/C36H24N2.C5H10O2.CH3.Ni/c1-3-13-25(14-4-1)28-19-7-9-23-32(28)37-35-30-21-11-17-27-18-12-22-31(34(27)30)36(35)38-33-24-10-8-20-29(33)26-15-5-2-6-16-26;1-4(2)5(6)7-3;;/h1-24H;4H,1-3H3;1H3;/q;;-1;. The smallest absolute Gasteiger partial charge is 0.308 e. The maximum atomic E-state index is 10.3. The van der Waals surface area contributed by atoms with E-state index in [0.717, 1.165) is 56.2 Å².